The molecule has 70 valence electrons. The fraction of sp³-hybridized carbons (Fsp3) is 0.143. The third-order valence-corrected chi connectivity index (χ3v) is 2.27. The molecule has 0 aliphatic carbocycles. The first-order chi connectivity index (χ1) is 5.98. The summed E-state index contributed by atoms with van der Waals surface area (Å²) >= 11 is 1.67. The van der Waals surface area contributed by atoms with Gasteiger partial charge in [0.2, 0.25) is 0 Å². The maximum Gasteiger partial charge on any atom is 0.586 e. The van der Waals surface area contributed by atoms with Crippen LogP contribution in [0.25, 0.3) is 0 Å². The molecule has 1 aliphatic heterocycles. The summed E-state index contributed by atoms with van der Waals surface area (Å²) in [5, 5.41) is 0. The molecule has 2 nitrogen and oxygen atoms in total. The molecule has 0 unspecified atom stereocenters. The normalized spacial score (nSPS) is 17.5. The van der Waals surface area contributed by atoms with E-state index >= 15 is 0 Å². The lowest BCUT2D eigenvalue weighted by Crippen LogP contribution is -2.25. The van der Waals surface area contributed by atoms with Crippen LogP contribution in [0.5, 0.6) is 11.5 Å². The Balaban J connectivity index is 2.48. The van der Waals surface area contributed by atoms with E-state index in [2.05, 4.69) is 9.47 Å². The van der Waals surface area contributed by atoms with Gasteiger partial charge in [-0.05, 0) is 22.6 Å². The number of fused-ring (bicyclic) bond motifs is 1. The van der Waals surface area contributed by atoms with Gasteiger partial charge in [-0.1, -0.05) is 0 Å². The lowest BCUT2D eigenvalue weighted by Gasteiger charge is -2.04. The van der Waals surface area contributed by atoms with Gasteiger partial charge in [-0.15, -0.1) is 8.78 Å². The molecule has 0 saturated heterocycles. The number of alkyl halides is 2. The predicted molar refractivity (Wildman–Crippen MR) is 45.3 cm³/mol. The molecule has 13 heavy (non-hydrogen) atoms. The van der Waals surface area contributed by atoms with Crippen LogP contribution in [0.1, 0.15) is 0 Å². The van der Waals surface area contributed by atoms with E-state index in [1.54, 1.807) is 22.6 Å². The van der Waals surface area contributed by atoms with E-state index in [-0.39, 0.29) is 15.1 Å². The first kappa shape index (κ1) is 8.92. The van der Waals surface area contributed by atoms with Gasteiger partial charge in [-0.25, -0.2) is 4.39 Å². The van der Waals surface area contributed by atoms with Crippen LogP contribution in [0.3, 0.4) is 0 Å². The average Bonchev–Trinajstić information content (AvgIpc) is 2.24. The molecule has 0 amide bonds. The highest BCUT2D eigenvalue weighted by Gasteiger charge is 2.43. The fourth-order valence-corrected chi connectivity index (χ4v) is 1.39. The Hall–Kier alpha value is -0.660. The second-order valence-electron chi connectivity index (χ2n) is 2.38. The van der Waals surface area contributed by atoms with Crippen molar-refractivity contribution < 1.29 is 22.6 Å². The Morgan fingerprint density at radius 1 is 1.15 bits per heavy atom. The molecule has 2 rings (SSSR count). The Kier molecular flexibility index (Phi) is 1.83. The van der Waals surface area contributed by atoms with Crippen LogP contribution in [0.15, 0.2) is 12.1 Å². The molecule has 0 spiro atoms. The van der Waals surface area contributed by atoms with Crippen molar-refractivity contribution in [2.75, 3.05) is 0 Å². The minimum absolute atomic E-state index is 0.143. The summed E-state index contributed by atoms with van der Waals surface area (Å²) in [5.74, 6) is -1.03. The van der Waals surface area contributed by atoms with Gasteiger partial charge in [0.15, 0.2) is 11.5 Å². The molecular formula is C7H2F3IO2. The number of hydrogen-bond donors (Lipinski definition) is 0. The molecule has 0 N–H and O–H groups in total. The third kappa shape index (κ3) is 1.54. The maximum atomic E-state index is 12.8. The van der Waals surface area contributed by atoms with Crippen molar-refractivity contribution in [1.82, 2.24) is 0 Å². The summed E-state index contributed by atoms with van der Waals surface area (Å²) in [5.41, 5.74) is 0. The van der Waals surface area contributed by atoms with Crippen molar-refractivity contribution in [2.24, 2.45) is 0 Å². The van der Waals surface area contributed by atoms with Crippen molar-refractivity contribution in [1.29, 1.82) is 0 Å². The molecule has 1 aliphatic rings. The number of benzene rings is 1. The Bertz CT molecular complexity index is 334. The van der Waals surface area contributed by atoms with E-state index in [0.29, 0.717) is 0 Å². The van der Waals surface area contributed by atoms with E-state index in [1.807, 2.05) is 0 Å². The van der Waals surface area contributed by atoms with Gasteiger partial charge in [-0.2, -0.15) is 0 Å². The van der Waals surface area contributed by atoms with Crippen LogP contribution >= 0.6 is 22.6 Å². The summed E-state index contributed by atoms with van der Waals surface area (Å²) in [4.78, 5) is 0. The van der Waals surface area contributed by atoms with E-state index in [1.165, 1.54) is 0 Å². The molecule has 0 radical (unpaired) electrons. The van der Waals surface area contributed by atoms with Gasteiger partial charge in [0.1, 0.15) is 5.82 Å². The minimum Gasteiger partial charge on any atom is -0.395 e. The topological polar surface area (TPSA) is 18.5 Å². The number of halogens is 4. The monoisotopic (exact) mass is 302 g/mol. The highest BCUT2D eigenvalue weighted by atomic mass is 127. The van der Waals surface area contributed by atoms with Crippen LogP contribution in [-0.2, 0) is 0 Å². The first-order valence-corrected chi connectivity index (χ1v) is 4.31. The Morgan fingerprint density at radius 3 is 2.31 bits per heavy atom. The fourth-order valence-electron chi connectivity index (χ4n) is 0.947. The summed E-state index contributed by atoms with van der Waals surface area (Å²) in [6.07, 6.45) is -3.68. The lowest BCUT2D eigenvalue weighted by atomic mass is 10.3. The second-order valence-corrected chi connectivity index (χ2v) is 3.54. The van der Waals surface area contributed by atoms with Crippen LogP contribution in [0, 0.1) is 9.39 Å². The average molecular weight is 302 g/mol. The third-order valence-electron chi connectivity index (χ3n) is 1.44. The molecule has 0 fully saturated rings. The van der Waals surface area contributed by atoms with Gasteiger partial charge in [-0.3, -0.25) is 0 Å². The molecule has 0 saturated carbocycles. The molecule has 0 bridgehead atoms. The van der Waals surface area contributed by atoms with Crippen molar-refractivity contribution in [2.45, 2.75) is 6.29 Å². The van der Waals surface area contributed by atoms with Gasteiger partial charge in [0.05, 0.1) is 3.57 Å². The minimum atomic E-state index is -3.68. The SMILES string of the molecule is Fc1cc2c(cc1I)OC(F)(F)O2. The van der Waals surface area contributed by atoms with Gasteiger partial charge >= 0.3 is 6.29 Å². The van der Waals surface area contributed by atoms with E-state index in [9.17, 15) is 13.2 Å². The molecular weight excluding hydrogens is 300 g/mol. The van der Waals surface area contributed by atoms with Gasteiger partial charge in [0, 0.05) is 12.1 Å². The van der Waals surface area contributed by atoms with Crippen LogP contribution < -0.4 is 9.47 Å². The zero-order valence-electron chi connectivity index (χ0n) is 5.98. The molecule has 0 aromatic heterocycles. The van der Waals surface area contributed by atoms with Crippen molar-refractivity contribution in [3.63, 3.8) is 0 Å². The predicted octanol–water partition coefficient (Wildman–Crippen LogP) is 2.75. The van der Waals surface area contributed by atoms with Crippen molar-refractivity contribution in [3.05, 3.63) is 21.5 Å². The molecule has 1 heterocycles. The molecule has 6 heteroatoms. The molecule has 0 atom stereocenters. The highest BCUT2D eigenvalue weighted by Crippen LogP contribution is 2.42. The van der Waals surface area contributed by atoms with Crippen molar-refractivity contribution in [3.8, 4) is 11.5 Å². The zero-order chi connectivity index (χ0) is 9.64. The van der Waals surface area contributed by atoms with E-state index in [0.717, 1.165) is 12.1 Å². The number of ether oxygens (including phenoxy) is 2. The Morgan fingerprint density at radius 2 is 1.69 bits per heavy atom. The van der Waals surface area contributed by atoms with E-state index in [4.69, 9.17) is 0 Å². The largest absolute Gasteiger partial charge is 0.586 e. The number of rotatable bonds is 0. The highest BCUT2D eigenvalue weighted by molar-refractivity contribution is 14.1. The summed E-state index contributed by atoms with van der Waals surface area (Å²) in [6.45, 7) is 0. The summed E-state index contributed by atoms with van der Waals surface area (Å²) in [7, 11) is 0. The summed E-state index contributed by atoms with van der Waals surface area (Å²) < 4.78 is 46.0. The zero-order valence-corrected chi connectivity index (χ0v) is 8.14. The van der Waals surface area contributed by atoms with Crippen molar-refractivity contribution >= 4 is 22.6 Å². The smallest absolute Gasteiger partial charge is 0.395 e. The van der Waals surface area contributed by atoms with E-state index < -0.39 is 12.1 Å². The van der Waals surface area contributed by atoms with Gasteiger partial charge in [0.25, 0.3) is 0 Å². The molecule has 1 aromatic rings. The number of hydrogen-bond acceptors (Lipinski definition) is 2. The van der Waals surface area contributed by atoms with Crippen LogP contribution in [0.4, 0.5) is 13.2 Å². The second kappa shape index (κ2) is 2.66. The molecule has 1 aromatic carbocycles. The van der Waals surface area contributed by atoms with Crippen LogP contribution in [-0.4, -0.2) is 6.29 Å². The van der Waals surface area contributed by atoms with Crippen LogP contribution in [0.2, 0.25) is 0 Å². The van der Waals surface area contributed by atoms with Gasteiger partial charge < -0.3 is 9.47 Å². The maximum absolute atomic E-state index is 12.8. The standard InChI is InChI=1S/C7H2F3IO2/c8-3-1-5-6(2-4(3)11)13-7(9,10)12-5/h1-2H. The quantitative estimate of drug-likeness (QED) is 0.686. The Labute approximate surface area is 84.8 Å². The summed E-state index contributed by atoms with van der Waals surface area (Å²) in [6, 6.07) is 2.03. The lowest BCUT2D eigenvalue weighted by molar-refractivity contribution is -0.286. The first-order valence-electron chi connectivity index (χ1n) is 3.23.